The number of fused-ring (bicyclic) bond motifs is 1. The summed E-state index contributed by atoms with van der Waals surface area (Å²) in [5, 5.41) is 0.993. The molecule has 0 aliphatic heterocycles. The number of nitrogens with zero attached hydrogens (tertiary/aromatic N) is 2. The molecule has 1 aromatic carbocycles. The van der Waals surface area contributed by atoms with E-state index in [1.807, 2.05) is 12.1 Å². The molecule has 0 radical (unpaired) electrons. The molecule has 0 saturated heterocycles. The first-order valence-electron chi connectivity index (χ1n) is 3.54. The SMILES string of the molecule is Nc1ncc2cc(I)cc(Br)c2n1. The highest BCUT2D eigenvalue weighted by atomic mass is 127. The van der Waals surface area contributed by atoms with Crippen molar-refractivity contribution in [3.8, 4) is 0 Å². The largest absolute Gasteiger partial charge is 0.368 e. The summed E-state index contributed by atoms with van der Waals surface area (Å²) in [6.45, 7) is 0. The van der Waals surface area contributed by atoms with Crippen molar-refractivity contribution in [2.24, 2.45) is 0 Å². The summed E-state index contributed by atoms with van der Waals surface area (Å²) >= 11 is 5.68. The van der Waals surface area contributed by atoms with Gasteiger partial charge in [0.1, 0.15) is 0 Å². The molecule has 0 atom stereocenters. The molecule has 0 aliphatic carbocycles. The van der Waals surface area contributed by atoms with E-state index >= 15 is 0 Å². The van der Waals surface area contributed by atoms with Crippen LogP contribution in [0.5, 0.6) is 0 Å². The summed E-state index contributed by atoms with van der Waals surface area (Å²) in [4.78, 5) is 8.06. The Labute approximate surface area is 97.0 Å². The van der Waals surface area contributed by atoms with Crippen LogP contribution in [0.2, 0.25) is 0 Å². The van der Waals surface area contributed by atoms with Gasteiger partial charge >= 0.3 is 0 Å². The predicted octanol–water partition coefficient (Wildman–Crippen LogP) is 2.58. The Kier molecular flexibility index (Phi) is 2.37. The van der Waals surface area contributed by atoms with Crippen molar-refractivity contribution in [3.05, 3.63) is 26.4 Å². The van der Waals surface area contributed by atoms with Gasteiger partial charge in [-0.15, -0.1) is 0 Å². The lowest BCUT2D eigenvalue weighted by atomic mass is 10.2. The number of nitrogens with two attached hydrogens (primary N) is 1. The maximum absolute atomic E-state index is 5.49. The minimum atomic E-state index is 0.300. The molecule has 66 valence electrons. The topological polar surface area (TPSA) is 51.8 Å². The van der Waals surface area contributed by atoms with Gasteiger partial charge in [-0.1, -0.05) is 0 Å². The van der Waals surface area contributed by atoms with Crippen molar-refractivity contribution in [1.82, 2.24) is 9.97 Å². The average Bonchev–Trinajstić information content (AvgIpc) is 2.06. The van der Waals surface area contributed by atoms with Crippen LogP contribution >= 0.6 is 38.5 Å². The monoisotopic (exact) mass is 349 g/mol. The van der Waals surface area contributed by atoms with E-state index in [0.717, 1.165) is 18.9 Å². The van der Waals surface area contributed by atoms with Gasteiger partial charge in [-0.05, 0) is 50.7 Å². The zero-order valence-corrected chi connectivity index (χ0v) is 10.2. The van der Waals surface area contributed by atoms with Crippen molar-refractivity contribution >= 4 is 55.4 Å². The number of nitrogen functional groups attached to an aromatic ring is 1. The fourth-order valence-corrected chi connectivity index (χ4v) is 2.72. The zero-order chi connectivity index (χ0) is 9.42. The van der Waals surface area contributed by atoms with Crippen LogP contribution in [0.25, 0.3) is 10.9 Å². The van der Waals surface area contributed by atoms with Crippen LogP contribution in [0, 0.1) is 3.57 Å². The molecule has 0 unspecified atom stereocenters. The van der Waals surface area contributed by atoms with E-state index in [9.17, 15) is 0 Å². The number of hydrogen-bond acceptors (Lipinski definition) is 3. The fourth-order valence-electron chi connectivity index (χ4n) is 1.08. The maximum Gasteiger partial charge on any atom is 0.220 e. The van der Waals surface area contributed by atoms with Crippen LogP contribution in [0.15, 0.2) is 22.8 Å². The van der Waals surface area contributed by atoms with Crippen molar-refractivity contribution in [2.75, 3.05) is 5.73 Å². The van der Waals surface area contributed by atoms with Crippen LogP contribution < -0.4 is 5.73 Å². The van der Waals surface area contributed by atoms with Crippen molar-refractivity contribution in [2.45, 2.75) is 0 Å². The highest BCUT2D eigenvalue weighted by Gasteiger charge is 2.02. The maximum atomic E-state index is 5.49. The molecule has 2 N–H and O–H groups in total. The van der Waals surface area contributed by atoms with Crippen molar-refractivity contribution in [1.29, 1.82) is 0 Å². The van der Waals surface area contributed by atoms with Crippen molar-refractivity contribution in [3.63, 3.8) is 0 Å². The smallest absolute Gasteiger partial charge is 0.220 e. The van der Waals surface area contributed by atoms with Crippen LogP contribution in [-0.2, 0) is 0 Å². The second kappa shape index (κ2) is 3.38. The van der Waals surface area contributed by atoms with Gasteiger partial charge in [0.15, 0.2) is 0 Å². The average molecular weight is 350 g/mol. The number of anilines is 1. The second-order valence-corrected chi connectivity index (χ2v) is 4.65. The summed E-state index contributed by atoms with van der Waals surface area (Å²) in [5.41, 5.74) is 6.34. The second-order valence-electron chi connectivity index (χ2n) is 2.55. The molecule has 0 bridgehead atoms. The fraction of sp³-hybridized carbons (Fsp3) is 0. The van der Waals surface area contributed by atoms with Gasteiger partial charge in [0.25, 0.3) is 0 Å². The quantitative estimate of drug-likeness (QED) is 0.744. The van der Waals surface area contributed by atoms with Crippen molar-refractivity contribution < 1.29 is 0 Å². The van der Waals surface area contributed by atoms with Gasteiger partial charge in [-0.25, -0.2) is 9.97 Å². The van der Waals surface area contributed by atoms with Gasteiger partial charge < -0.3 is 5.73 Å². The number of aromatic nitrogens is 2. The summed E-state index contributed by atoms with van der Waals surface area (Å²) in [5.74, 6) is 0.300. The lowest BCUT2D eigenvalue weighted by Crippen LogP contribution is -1.94. The van der Waals surface area contributed by atoms with Crippen LogP contribution in [0.4, 0.5) is 5.95 Å². The third-order valence-corrected chi connectivity index (χ3v) is 2.85. The molecule has 1 heterocycles. The first kappa shape index (κ1) is 9.14. The Morgan fingerprint density at radius 2 is 2.15 bits per heavy atom. The minimum absolute atomic E-state index is 0.300. The Hall–Kier alpha value is -0.430. The molecule has 2 aromatic rings. The molecule has 13 heavy (non-hydrogen) atoms. The van der Waals surface area contributed by atoms with Gasteiger partial charge in [0.2, 0.25) is 5.95 Å². The summed E-state index contributed by atoms with van der Waals surface area (Å²) < 4.78 is 2.09. The van der Waals surface area contributed by atoms with Crippen LogP contribution in [0.1, 0.15) is 0 Å². The minimum Gasteiger partial charge on any atom is -0.368 e. The van der Waals surface area contributed by atoms with E-state index < -0.39 is 0 Å². The molecule has 1 aromatic heterocycles. The summed E-state index contributed by atoms with van der Waals surface area (Å²) in [6.07, 6.45) is 1.73. The molecule has 0 aliphatic rings. The lowest BCUT2D eigenvalue weighted by Gasteiger charge is -2.01. The molecule has 0 saturated carbocycles. The van der Waals surface area contributed by atoms with E-state index in [-0.39, 0.29) is 0 Å². The third kappa shape index (κ3) is 1.76. The highest BCUT2D eigenvalue weighted by molar-refractivity contribution is 14.1. The van der Waals surface area contributed by atoms with Gasteiger partial charge in [0, 0.05) is 19.6 Å². The van der Waals surface area contributed by atoms with Crippen LogP contribution in [0.3, 0.4) is 0 Å². The summed E-state index contributed by atoms with van der Waals surface area (Å²) in [6, 6.07) is 4.01. The van der Waals surface area contributed by atoms with Crippen LogP contribution in [-0.4, -0.2) is 9.97 Å². The Bertz CT molecular complexity index is 472. The van der Waals surface area contributed by atoms with E-state index in [1.165, 1.54) is 0 Å². The molecule has 0 spiro atoms. The molecule has 0 fully saturated rings. The molecular weight excluding hydrogens is 345 g/mol. The Balaban J connectivity index is 2.87. The standard InChI is InChI=1S/C8H5BrIN3/c9-6-2-5(10)1-4-3-12-8(11)13-7(4)6/h1-3H,(H2,11,12,13). The third-order valence-electron chi connectivity index (χ3n) is 1.62. The van der Waals surface area contributed by atoms with E-state index in [0.29, 0.717) is 5.95 Å². The number of hydrogen-bond donors (Lipinski definition) is 1. The van der Waals surface area contributed by atoms with Gasteiger partial charge in [-0.2, -0.15) is 0 Å². The molecule has 0 amide bonds. The van der Waals surface area contributed by atoms with Gasteiger partial charge in [-0.3, -0.25) is 0 Å². The molecule has 2 rings (SSSR count). The highest BCUT2D eigenvalue weighted by Crippen LogP contribution is 2.24. The predicted molar refractivity (Wildman–Crippen MR) is 64.4 cm³/mol. The first-order valence-corrected chi connectivity index (χ1v) is 5.41. The molecule has 3 nitrogen and oxygen atoms in total. The lowest BCUT2D eigenvalue weighted by molar-refractivity contribution is 1.23. The summed E-state index contributed by atoms with van der Waals surface area (Å²) in [7, 11) is 0. The number of halogens is 2. The van der Waals surface area contributed by atoms with E-state index in [4.69, 9.17) is 5.73 Å². The number of benzene rings is 1. The Morgan fingerprint density at radius 3 is 2.92 bits per heavy atom. The first-order chi connectivity index (χ1) is 6.16. The Morgan fingerprint density at radius 1 is 1.38 bits per heavy atom. The van der Waals surface area contributed by atoms with E-state index in [1.54, 1.807) is 6.20 Å². The number of rotatable bonds is 0. The van der Waals surface area contributed by atoms with Gasteiger partial charge in [0.05, 0.1) is 5.52 Å². The zero-order valence-electron chi connectivity index (χ0n) is 6.46. The molecule has 5 heteroatoms. The normalized spacial score (nSPS) is 10.6. The van der Waals surface area contributed by atoms with E-state index in [2.05, 4.69) is 48.5 Å². The molecular formula is C8H5BrIN3.